The van der Waals surface area contributed by atoms with Gasteiger partial charge in [0.1, 0.15) is 0 Å². The van der Waals surface area contributed by atoms with Crippen LogP contribution in [-0.4, -0.2) is 11.0 Å². The summed E-state index contributed by atoms with van der Waals surface area (Å²) in [5, 5.41) is 14.7. The summed E-state index contributed by atoms with van der Waals surface area (Å²) in [6.07, 6.45) is 4.71. The molecule has 1 rings (SSSR count). The van der Waals surface area contributed by atoms with Crippen LogP contribution in [0.3, 0.4) is 0 Å². The molecule has 19 heavy (non-hydrogen) atoms. The molecule has 1 unspecified atom stereocenters. The monoisotopic (exact) mass is 284 g/mol. The summed E-state index contributed by atoms with van der Waals surface area (Å²) in [6, 6.07) is 5.17. The van der Waals surface area contributed by atoms with E-state index in [2.05, 4.69) is 19.2 Å². The second-order valence-corrected chi connectivity index (χ2v) is 5.24. The van der Waals surface area contributed by atoms with E-state index >= 15 is 0 Å². The number of nitrogens with one attached hydrogen (secondary N) is 1. The molecule has 0 aliphatic carbocycles. The molecule has 0 aromatic heterocycles. The number of nitro benzene ring substituents is 1. The average molecular weight is 285 g/mol. The molecule has 0 aliphatic rings. The Morgan fingerprint density at radius 1 is 1.42 bits per heavy atom. The van der Waals surface area contributed by atoms with Gasteiger partial charge in [-0.2, -0.15) is 0 Å². The first-order valence-corrected chi connectivity index (χ1v) is 7.08. The van der Waals surface area contributed by atoms with Gasteiger partial charge >= 0.3 is 0 Å². The van der Waals surface area contributed by atoms with Crippen molar-refractivity contribution >= 4 is 17.3 Å². The minimum absolute atomic E-state index is 0.0840. The zero-order chi connectivity index (χ0) is 14.3. The molecule has 1 aromatic carbocycles. The number of unbranched alkanes of at least 4 members (excludes halogenated alkanes) is 2. The van der Waals surface area contributed by atoms with Crippen molar-refractivity contribution in [3.05, 3.63) is 38.9 Å². The van der Waals surface area contributed by atoms with E-state index in [9.17, 15) is 10.1 Å². The van der Waals surface area contributed by atoms with Crippen molar-refractivity contribution < 1.29 is 4.92 Å². The van der Waals surface area contributed by atoms with Gasteiger partial charge in [0.2, 0.25) is 0 Å². The average Bonchev–Trinajstić information content (AvgIpc) is 2.37. The summed E-state index contributed by atoms with van der Waals surface area (Å²) in [4.78, 5) is 10.6. The Balaban J connectivity index is 2.55. The van der Waals surface area contributed by atoms with Crippen LogP contribution in [0.5, 0.6) is 0 Å². The fraction of sp³-hybridized carbons (Fsp3) is 0.571. The van der Waals surface area contributed by atoms with E-state index in [0.29, 0.717) is 23.2 Å². The van der Waals surface area contributed by atoms with Crippen LogP contribution >= 0.6 is 11.6 Å². The summed E-state index contributed by atoms with van der Waals surface area (Å²) in [6.45, 7) is 4.79. The normalized spacial score (nSPS) is 12.4. The van der Waals surface area contributed by atoms with Crippen molar-refractivity contribution in [3.63, 3.8) is 0 Å². The summed E-state index contributed by atoms with van der Waals surface area (Å²) in [7, 11) is 0. The quantitative estimate of drug-likeness (QED) is 0.440. The summed E-state index contributed by atoms with van der Waals surface area (Å²) < 4.78 is 0. The molecule has 0 heterocycles. The lowest BCUT2D eigenvalue weighted by atomic mass is 10.1. The van der Waals surface area contributed by atoms with Gasteiger partial charge in [-0.05, 0) is 25.5 Å². The van der Waals surface area contributed by atoms with E-state index in [1.807, 2.05) is 0 Å². The van der Waals surface area contributed by atoms with Crippen molar-refractivity contribution in [2.75, 3.05) is 0 Å². The first-order valence-electron chi connectivity index (χ1n) is 6.70. The van der Waals surface area contributed by atoms with Crippen LogP contribution in [0.15, 0.2) is 18.2 Å². The highest BCUT2D eigenvalue weighted by atomic mass is 35.5. The minimum Gasteiger partial charge on any atom is -0.310 e. The number of nitrogens with zero attached hydrogens (tertiary/aromatic N) is 1. The SMILES string of the molecule is CCCCCC(C)NCc1ccc(Cl)cc1[N+](=O)[O-]. The molecular weight excluding hydrogens is 264 g/mol. The lowest BCUT2D eigenvalue weighted by Gasteiger charge is -2.13. The van der Waals surface area contributed by atoms with Crippen LogP contribution in [0.25, 0.3) is 0 Å². The predicted octanol–water partition coefficient (Wildman–Crippen LogP) is 4.31. The smallest absolute Gasteiger partial charge is 0.275 e. The Bertz CT molecular complexity index is 424. The van der Waals surface area contributed by atoms with E-state index in [0.717, 1.165) is 6.42 Å². The van der Waals surface area contributed by atoms with Crippen molar-refractivity contribution in [2.24, 2.45) is 0 Å². The Hall–Kier alpha value is -1.13. The molecular formula is C14H21ClN2O2. The third kappa shape index (κ3) is 5.57. The second kappa shape index (κ2) is 8.12. The Morgan fingerprint density at radius 2 is 2.16 bits per heavy atom. The first-order chi connectivity index (χ1) is 9.04. The van der Waals surface area contributed by atoms with Crippen molar-refractivity contribution in [3.8, 4) is 0 Å². The maximum absolute atomic E-state index is 10.9. The number of hydrogen-bond acceptors (Lipinski definition) is 3. The van der Waals surface area contributed by atoms with Crippen LogP contribution < -0.4 is 5.32 Å². The number of halogens is 1. The standard InChI is InChI=1S/C14H21ClN2O2/c1-3-4-5-6-11(2)16-10-12-7-8-13(15)9-14(12)17(18)19/h7-9,11,16H,3-6,10H2,1-2H3. The number of nitro groups is 1. The van der Waals surface area contributed by atoms with Crippen molar-refractivity contribution in [1.29, 1.82) is 0 Å². The van der Waals surface area contributed by atoms with Crippen molar-refractivity contribution in [2.45, 2.75) is 52.1 Å². The Kier molecular flexibility index (Phi) is 6.81. The van der Waals surface area contributed by atoms with E-state index in [1.54, 1.807) is 12.1 Å². The molecule has 4 nitrogen and oxygen atoms in total. The molecule has 0 amide bonds. The van der Waals surface area contributed by atoms with E-state index in [4.69, 9.17) is 11.6 Å². The van der Waals surface area contributed by atoms with Gasteiger partial charge in [0.15, 0.2) is 0 Å². The maximum Gasteiger partial charge on any atom is 0.275 e. The van der Waals surface area contributed by atoms with E-state index in [-0.39, 0.29) is 10.6 Å². The molecule has 0 aliphatic heterocycles. The van der Waals surface area contributed by atoms with Gasteiger partial charge in [0, 0.05) is 29.2 Å². The second-order valence-electron chi connectivity index (χ2n) is 4.81. The molecule has 0 fully saturated rings. The maximum atomic E-state index is 10.9. The molecule has 0 radical (unpaired) electrons. The molecule has 1 aromatic rings. The van der Waals surface area contributed by atoms with Crippen LogP contribution in [0.4, 0.5) is 5.69 Å². The van der Waals surface area contributed by atoms with Gasteiger partial charge in [-0.25, -0.2) is 0 Å². The number of benzene rings is 1. The summed E-state index contributed by atoms with van der Waals surface area (Å²) >= 11 is 5.78. The lowest BCUT2D eigenvalue weighted by molar-refractivity contribution is -0.385. The highest BCUT2D eigenvalue weighted by Crippen LogP contribution is 2.23. The summed E-state index contributed by atoms with van der Waals surface area (Å²) in [5.41, 5.74) is 0.762. The lowest BCUT2D eigenvalue weighted by Crippen LogP contribution is -2.25. The van der Waals surface area contributed by atoms with Gasteiger partial charge in [-0.3, -0.25) is 10.1 Å². The van der Waals surface area contributed by atoms with E-state index < -0.39 is 0 Å². The van der Waals surface area contributed by atoms with Crippen LogP contribution in [-0.2, 0) is 6.54 Å². The molecule has 106 valence electrons. The summed E-state index contributed by atoms with van der Waals surface area (Å²) in [5.74, 6) is 0. The fourth-order valence-corrected chi connectivity index (χ4v) is 2.11. The minimum atomic E-state index is -0.384. The Morgan fingerprint density at radius 3 is 2.79 bits per heavy atom. The van der Waals surface area contributed by atoms with Gasteiger partial charge in [0.25, 0.3) is 5.69 Å². The predicted molar refractivity (Wildman–Crippen MR) is 78.6 cm³/mol. The molecule has 1 N–H and O–H groups in total. The van der Waals surface area contributed by atoms with Gasteiger partial charge in [-0.1, -0.05) is 37.8 Å². The molecule has 0 saturated carbocycles. The van der Waals surface area contributed by atoms with Gasteiger partial charge in [-0.15, -0.1) is 0 Å². The number of hydrogen-bond donors (Lipinski definition) is 1. The highest BCUT2D eigenvalue weighted by Gasteiger charge is 2.14. The largest absolute Gasteiger partial charge is 0.310 e. The number of rotatable bonds is 8. The van der Waals surface area contributed by atoms with Crippen LogP contribution in [0.1, 0.15) is 45.1 Å². The third-order valence-corrected chi connectivity index (χ3v) is 3.36. The van der Waals surface area contributed by atoms with Crippen LogP contribution in [0.2, 0.25) is 5.02 Å². The van der Waals surface area contributed by atoms with Crippen LogP contribution in [0, 0.1) is 10.1 Å². The molecule has 0 spiro atoms. The highest BCUT2D eigenvalue weighted by molar-refractivity contribution is 6.30. The Labute approximate surface area is 119 Å². The van der Waals surface area contributed by atoms with Crippen molar-refractivity contribution in [1.82, 2.24) is 5.32 Å². The topological polar surface area (TPSA) is 55.2 Å². The van der Waals surface area contributed by atoms with Gasteiger partial charge in [0.05, 0.1) is 4.92 Å². The third-order valence-electron chi connectivity index (χ3n) is 3.13. The molecule has 1 atom stereocenters. The zero-order valence-electron chi connectivity index (χ0n) is 11.5. The molecule has 0 saturated heterocycles. The molecule has 0 bridgehead atoms. The zero-order valence-corrected chi connectivity index (χ0v) is 12.2. The van der Waals surface area contributed by atoms with Gasteiger partial charge < -0.3 is 5.32 Å². The first kappa shape index (κ1) is 15.9. The molecule has 5 heteroatoms. The fourth-order valence-electron chi connectivity index (χ4n) is 1.94. The van der Waals surface area contributed by atoms with E-state index in [1.165, 1.54) is 25.3 Å².